The van der Waals surface area contributed by atoms with Gasteiger partial charge in [0.05, 0.1) is 12.0 Å². The van der Waals surface area contributed by atoms with Crippen molar-refractivity contribution in [2.24, 2.45) is 11.3 Å². The first-order valence-electron chi connectivity index (χ1n) is 7.22. The lowest BCUT2D eigenvalue weighted by Gasteiger charge is -2.23. The van der Waals surface area contributed by atoms with Gasteiger partial charge in [0.2, 0.25) is 0 Å². The third-order valence-corrected chi connectivity index (χ3v) is 4.71. The third kappa shape index (κ3) is 8.35. The van der Waals surface area contributed by atoms with Crippen LogP contribution in [0.1, 0.15) is 53.9 Å². The van der Waals surface area contributed by atoms with Gasteiger partial charge >= 0.3 is 5.97 Å². The van der Waals surface area contributed by atoms with Crippen LogP contribution >= 0.6 is 11.8 Å². The van der Waals surface area contributed by atoms with Gasteiger partial charge in [0.1, 0.15) is 0 Å². The number of carbonyl (C=O) groups excluding carboxylic acids is 1. The molecule has 0 rings (SSSR count). The highest BCUT2D eigenvalue weighted by molar-refractivity contribution is 7.99. The molecule has 0 saturated heterocycles. The van der Waals surface area contributed by atoms with E-state index in [0.29, 0.717) is 12.5 Å². The van der Waals surface area contributed by atoms with E-state index in [-0.39, 0.29) is 5.97 Å². The molecule has 0 aromatic rings. The second-order valence-electron chi connectivity index (χ2n) is 5.92. The first-order chi connectivity index (χ1) is 8.83. The fourth-order valence-corrected chi connectivity index (χ4v) is 2.81. The molecule has 0 spiro atoms. The van der Waals surface area contributed by atoms with Gasteiger partial charge < -0.3 is 4.74 Å². The number of allylic oxidation sites excluding steroid dienone is 1. The van der Waals surface area contributed by atoms with Gasteiger partial charge in [-0.2, -0.15) is 11.8 Å². The molecule has 0 amide bonds. The molecule has 112 valence electrons. The molecule has 0 aliphatic carbocycles. The molecule has 0 aromatic heterocycles. The zero-order valence-corrected chi connectivity index (χ0v) is 14.1. The molecule has 0 fully saturated rings. The Bertz CT molecular complexity index is 280. The second-order valence-corrected chi connectivity index (χ2v) is 7.03. The molecule has 19 heavy (non-hydrogen) atoms. The van der Waals surface area contributed by atoms with Crippen molar-refractivity contribution in [1.82, 2.24) is 0 Å². The molecule has 0 aromatic carbocycles. The Morgan fingerprint density at radius 3 is 2.37 bits per heavy atom. The highest BCUT2D eigenvalue weighted by atomic mass is 32.2. The van der Waals surface area contributed by atoms with E-state index in [1.54, 1.807) is 11.8 Å². The van der Waals surface area contributed by atoms with E-state index in [1.807, 2.05) is 20.8 Å². The first-order valence-corrected chi connectivity index (χ1v) is 8.38. The van der Waals surface area contributed by atoms with Crippen molar-refractivity contribution in [2.45, 2.75) is 53.9 Å². The summed E-state index contributed by atoms with van der Waals surface area (Å²) in [5.74, 6) is 2.26. The van der Waals surface area contributed by atoms with Gasteiger partial charge in [-0.1, -0.05) is 32.3 Å². The van der Waals surface area contributed by atoms with Crippen LogP contribution in [0.15, 0.2) is 12.2 Å². The molecule has 0 radical (unpaired) electrons. The summed E-state index contributed by atoms with van der Waals surface area (Å²) < 4.78 is 5.46. The minimum Gasteiger partial charge on any atom is -0.465 e. The molecule has 0 unspecified atom stereocenters. The molecule has 0 N–H and O–H groups in total. The van der Waals surface area contributed by atoms with Gasteiger partial charge in [-0.05, 0) is 38.9 Å². The highest BCUT2D eigenvalue weighted by Gasteiger charge is 2.29. The van der Waals surface area contributed by atoms with Crippen molar-refractivity contribution < 1.29 is 9.53 Å². The first kappa shape index (κ1) is 18.6. The molecule has 0 saturated carbocycles. The number of rotatable bonds is 10. The van der Waals surface area contributed by atoms with E-state index in [0.717, 1.165) is 30.8 Å². The van der Waals surface area contributed by atoms with E-state index in [9.17, 15) is 4.79 Å². The quantitative estimate of drug-likeness (QED) is 0.331. The van der Waals surface area contributed by atoms with Crippen LogP contribution in [0.2, 0.25) is 0 Å². The Hall–Kier alpha value is -0.440. The average Bonchev–Trinajstić information content (AvgIpc) is 2.35. The molecular formula is C16H30O2S. The number of thioether (sulfide) groups is 1. The maximum atomic E-state index is 12.1. The Kier molecular flexibility index (Phi) is 9.24. The molecule has 2 nitrogen and oxygen atoms in total. The van der Waals surface area contributed by atoms with Crippen LogP contribution in [0, 0.1) is 11.3 Å². The fourth-order valence-electron chi connectivity index (χ4n) is 1.55. The maximum absolute atomic E-state index is 12.1. The van der Waals surface area contributed by atoms with Crippen LogP contribution in [0.4, 0.5) is 0 Å². The van der Waals surface area contributed by atoms with Gasteiger partial charge in [0, 0.05) is 5.75 Å². The van der Waals surface area contributed by atoms with Gasteiger partial charge in [0.15, 0.2) is 0 Å². The minimum absolute atomic E-state index is 0.0674. The van der Waals surface area contributed by atoms with Crippen molar-refractivity contribution in [1.29, 1.82) is 0 Å². The van der Waals surface area contributed by atoms with Crippen LogP contribution in [-0.4, -0.2) is 24.1 Å². The fraction of sp³-hybridized carbons (Fsp3) is 0.812. The lowest BCUT2D eigenvalue weighted by atomic mass is 9.96. The van der Waals surface area contributed by atoms with Gasteiger partial charge in [-0.3, -0.25) is 4.79 Å². The van der Waals surface area contributed by atoms with Crippen molar-refractivity contribution in [3.05, 3.63) is 12.2 Å². The molecule has 0 atom stereocenters. The Labute approximate surface area is 123 Å². The second kappa shape index (κ2) is 9.46. The van der Waals surface area contributed by atoms with Gasteiger partial charge in [-0.15, -0.1) is 6.58 Å². The molecule has 0 heterocycles. The van der Waals surface area contributed by atoms with Crippen LogP contribution in [0.25, 0.3) is 0 Å². The zero-order valence-electron chi connectivity index (χ0n) is 13.3. The molecule has 0 bridgehead atoms. The third-order valence-electron chi connectivity index (χ3n) is 3.29. The Morgan fingerprint density at radius 1 is 1.32 bits per heavy atom. The number of esters is 1. The number of ether oxygens (including phenoxy) is 1. The smallest absolute Gasteiger partial charge is 0.312 e. The summed E-state index contributed by atoms with van der Waals surface area (Å²) in [5, 5.41) is 0. The minimum atomic E-state index is -0.397. The number of hydrogen-bond acceptors (Lipinski definition) is 3. The van der Waals surface area contributed by atoms with Crippen LogP contribution < -0.4 is 0 Å². The summed E-state index contributed by atoms with van der Waals surface area (Å²) in [6.07, 6.45) is 3.15. The predicted molar refractivity (Wildman–Crippen MR) is 85.6 cm³/mol. The monoisotopic (exact) mass is 286 g/mol. The van der Waals surface area contributed by atoms with E-state index in [2.05, 4.69) is 20.4 Å². The highest BCUT2D eigenvalue weighted by Crippen LogP contribution is 2.25. The van der Waals surface area contributed by atoms with E-state index in [1.165, 1.54) is 5.57 Å². The summed E-state index contributed by atoms with van der Waals surface area (Å²) in [6.45, 7) is 14.7. The van der Waals surface area contributed by atoms with Crippen molar-refractivity contribution >= 4 is 17.7 Å². The Morgan fingerprint density at radius 2 is 1.89 bits per heavy atom. The summed E-state index contributed by atoms with van der Waals surface area (Å²) in [7, 11) is 0. The standard InChI is InChI=1S/C16H30O2S/c1-7-14(8-2)11-18-15(17)16(5,6)12-19-10-9-13(3)4/h14H,3,7-12H2,1-2,4-6H3. The SMILES string of the molecule is C=C(C)CCSCC(C)(C)C(=O)OCC(CC)CC. The van der Waals surface area contributed by atoms with Crippen LogP contribution in [-0.2, 0) is 9.53 Å². The van der Waals surface area contributed by atoms with E-state index >= 15 is 0 Å². The normalized spacial score (nSPS) is 11.7. The van der Waals surface area contributed by atoms with Crippen LogP contribution in [0.5, 0.6) is 0 Å². The van der Waals surface area contributed by atoms with Gasteiger partial charge in [0.25, 0.3) is 0 Å². The summed E-state index contributed by atoms with van der Waals surface area (Å²) >= 11 is 1.80. The number of hydrogen-bond donors (Lipinski definition) is 0. The van der Waals surface area contributed by atoms with Gasteiger partial charge in [-0.25, -0.2) is 0 Å². The van der Waals surface area contributed by atoms with Crippen LogP contribution in [0.3, 0.4) is 0 Å². The van der Waals surface area contributed by atoms with E-state index < -0.39 is 5.41 Å². The predicted octanol–water partition coefficient (Wildman–Crippen LogP) is 4.69. The zero-order chi connectivity index (χ0) is 14.9. The summed E-state index contributed by atoms with van der Waals surface area (Å²) in [4.78, 5) is 12.1. The largest absolute Gasteiger partial charge is 0.465 e. The Balaban J connectivity index is 4.02. The number of carbonyl (C=O) groups is 1. The lowest BCUT2D eigenvalue weighted by molar-refractivity contribution is -0.154. The summed E-state index contributed by atoms with van der Waals surface area (Å²) in [6, 6.07) is 0. The molecule has 0 aliphatic heterocycles. The molecule has 0 aliphatic rings. The van der Waals surface area contributed by atoms with Crippen molar-refractivity contribution in [2.75, 3.05) is 18.1 Å². The molecule has 3 heteroatoms. The lowest BCUT2D eigenvalue weighted by Crippen LogP contribution is -2.30. The maximum Gasteiger partial charge on any atom is 0.312 e. The van der Waals surface area contributed by atoms with Crippen molar-refractivity contribution in [3.8, 4) is 0 Å². The van der Waals surface area contributed by atoms with Crippen molar-refractivity contribution in [3.63, 3.8) is 0 Å². The molecular weight excluding hydrogens is 256 g/mol. The van der Waals surface area contributed by atoms with E-state index in [4.69, 9.17) is 4.74 Å². The topological polar surface area (TPSA) is 26.3 Å². The average molecular weight is 286 g/mol. The summed E-state index contributed by atoms with van der Waals surface area (Å²) in [5.41, 5.74) is 0.799.